The molecule has 58 valence electrons. The first kappa shape index (κ1) is 7.03. The Balaban J connectivity index is 2.45. The summed E-state index contributed by atoms with van der Waals surface area (Å²) in [7, 11) is 5.45. The van der Waals surface area contributed by atoms with E-state index in [4.69, 9.17) is 7.05 Å². The van der Waals surface area contributed by atoms with Crippen LogP contribution in [0, 0.1) is 7.05 Å². The smallest absolute Gasteiger partial charge is 0.0957 e. The van der Waals surface area contributed by atoms with Crippen molar-refractivity contribution in [1.29, 1.82) is 0 Å². The molecule has 2 aromatic rings. The van der Waals surface area contributed by atoms with Crippen molar-refractivity contribution in [2.45, 2.75) is 0 Å². The largest absolute Gasteiger partial charge is 0.329 e. The highest BCUT2D eigenvalue weighted by Gasteiger charge is 1.98. The second kappa shape index (κ2) is 2.77. The van der Waals surface area contributed by atoms with Crippen molar-refractivity contribution in [2.75, 3.05) is 0 Å². The third-order valence-electron chi connectivity index (χ3n) is 1.56. The van der Waals surface area contributed by atoms with E-state index >= 15 is 0 Å². The Morgan fingerprint density at radius 1 is 1.42 bits per heavy atom. The molecule has 0 aliphatic carbocycles. The van der Waals surface area contributed by atoms with Gasteiger partial charge in [-0.1, -0.05) is 0 Å². The molecule has 0 bridgehead atoms. The zero-order valence-corrected chi connectivity index (χ0v) is 6.38. The van der Waals surface area contributed by atoms with Gasteiger partial charge in [0, 0.05) is 24.2 Å². The Morgan fingerprint density at radius 3 is 2.92 bits per heavy atom. The van der Waals surface area contributed by atoms with Crippen LogP contribution in [0.2, 0.25) is 0 Å². The number of hydrogen-bond acceptors (Lipinski definition) is 2. The van der Waals surface area contributed by atoms with E-state index in [1.165, 1.54) is 4.57 Å². The molecule has 0 atom stereocenters. The highest BCUT2D eigenvalue weighted by molar-refractivity contribution is 5.56. The van der Waals surface area contributed by atoms with Crippen LogP contribution in [0.3, 0.4) is 0 Å². The van der Waals surface area contributed by atoms with Crippen LogP contribution in [0.15, 0.2) is 37.1 Å². The SMILES string of the molecule is [CH]n1cnc(-c2cccnc2)c1. The molecule has 2 radical (unpaired) electrons. The predicted octanol–water partition coefficient (Wildman–Crippen LogP) is 1.46. The summed E-state index contributed by atoms with van der Waals surface area (Å²) >= 11 is 0. The van der Waals surface area contributed by atoms with Gasteiger partial charge in [-0.25, -0.2) is 4.98 Å². The Hall–Kier alpha value is -1.64. The standard InChI is InChI=1S/C9H7N3/c1-12-6-9(11-7-12)8-3-2-4-10-5-8/h1-7H. The number of pyridine rings is 1. The van der Waals surface area contributed by atoms with Crippen LogP contribution in [0.4, 0.5) is 0 Å². The molecule has 0 fully saturated rings. The monoisotopic (exact) mass is 157 g/mol. The Kier molecular flexibility index (Phi) is 1.63. The Bertz CT molecular complexity index is 364. The zero-order chi connectivity index (χ0) is 8.39. The first-order valence-electron chi connectivity index (χ1n) is 3.56. The predicted molar refractivity (Wildman–Crippen MR) is 45.2 cm³/mol. The number of imidazole rings is 1. The van der Waals surface area contributed by atoms with Gasteiger partial charge < -0.3 is 4.57 Å². The van der Waals surface area contributed by atoms with Crippen LogP contribution in [0.25, 0.3) is 11.3 Å². The molecule has 0 amide bonds. The van der Waals surface area contributed by atoms with Gasteiger partial charge in [0.25, 0.3) is 0 Å². The fraction of sp³-hybridized carbons (Fsp3) is 0. The van der Waals surface area contributed by atoms with Gasteiger partial charge in [0.1, 0.15) is 0 Å². The van der Waals surface area contributed by atoms with Crippen LogP contribution < -0.4 is 0 Å². The van der Waals surface area contributed by atoms with E-state index in [9.17, 15) is 0 Å². The summed E-state index contributed by atoms with van der Waals surface area (Å²) in [6, 6.07) is 3.81. The number of rotatable bonds is 1. The first-order valence-corrected chi connectivity index (χ1v) is 3.56. The second-order valence-corrected chi connectivity index (χ2v) is 2.45. The minimum absolute atomic E-state index is 0.839. The lowest BCUT2D eigenvalue weighted by Gasteiger charge is -1.92. The summed E-state index contributed by atoms with van der Waals surface area (Å²) in [4.78, 5) is 8.06. The Labute approximate surface area is 70.7 Å². The van der Waals surface area contributed by atoms with Crippen molar-refractivity contribution >= 4 is 0 Å². The molecule has 3 nitrogen and oxygen atoms in total. The van der Waals surface area contributed by atoms with E-state index in [0.29, 0.717) is 0 Å². The van der Waals surface area contributed by atoms with E-state index in [-0.39, 0.29) is 0 Å². The zero-order valence-electron chi connectivity index (χ0n) is 6.38. The minimum Gasteiger partial charge on any atom is -0.329 e. The van der Waals surface area contributed by atoms with Gasteiger partial charge in [-0.2, -0.15) is 0 Å². The molecule has 2 rings (SSSR count). The lowest BCUT2D eigenvalue weighted by molar-refractivity contribution is 1.06. The van der Waals surface area contributed by atoms with E-state index in [2.05, 4.69) is 9.97 Å². The van der Waals surface area contributed by atoms with Gasteiger partial charge in [0.05, 0.1) is 19.1 Å². The number of nitrogens with zero attached hydrogens (tertiary/aromatic N) is 3. The highest BCUT2D eigenvalue weighted by Crippen LogP contribution is 2.13. The lowest BCUT2D eigenvalue weighted by Crippen LogP contribution is -1.77. The van der Waals surface area contributed by atoms with E-state index in [1.54, 1.807) is 24.9 Å². The maximum Gasteiger partial charge on any atom is 0.0957 e. The normalized spacial score (nSPS) is 10.1. The van der Waals surface area contributed by atoms with E-state index in [0.717, 1.165) is 11.3 Å². The van der Waals surface area contributed by atoms with Crippen molar-refractivity contribution < 1.29 is 0 Å². The minimum atomic E-state index is 0.839. The molecule has 0 saturated heterocycles. The second-order valence-electron chi connectivity index (χ2n) is 2.45. The summed E-state index contributed by atoms with van der Waals surface area (Å²) in [5.41, 5.74) is 1.81. The van der Waals surface area contributed by atoms with Gasteiger partial charge in [0.15, 0.2) is 0 Å². The van der Waals surface area contributed by atoms with Crippen molar-refractivity contribution in [1.82, 2.24) is 14.5 Å². The highest BCUT2D eigenvalue weighted by atomic mass is 15.0. The molecular formula is C9H7N3. The van der Waals surface area contributed by atoms with Crippen molar-refractivity contribution in [2.24, 2.45) is 0 Å². The molecule has 0 aromatic carbocycles. The molecule has 0 spiro atoms. The van der Waals surface area contributed by atoms with E-state index in [1.807, 2.05) is 12.1 Å². The average molecular weight is 157 g/mol. The summed E-state index contributed by atoms with van der Waals surface area (Å²) in [6.45, 7) is 0. The third kappa shape index (κ3) is 1.21. The molecule has 2 aromatic heterocycles. The first-order chi connectivity index (χ1) is 5.86. The Morgan fingerprint density at radius 2 is 2.33 bits per heavy atom. The summed E-state index contributed by atoms with van der Waals surface area (Å²) in [5, 5.41) is 0. The van der Waals surface area contributed by atoms with Gasteiger partial charge in [0.2, 0.25) is 0 Å². The van der Waals surface area contributed by atoms with Crippen LogP contribution in [-0.2, 0) is 0 Å². The molecule has 0 N–H and O–H groups in total. The van der Waals surface area contributed by atoms with E-state index < -0.39 is 0 Å². The summed E-state index contributed by atoms with van der Waals surface area (Å²) < 4.78 is 1.42. The molecule has 2 heterocycles. The van der Waals surface area contributed by atoms with Crippen molar-refractivity contribution in [3.05, 3.63) is 44.1 Å². The topological polar surface area (TPSA) is 30.7 Å². The van der Waals surface area contributed by atoms with Gasteiger partial charge >= 0.3 is 0 Å². The van der Waals surface area contributed by atoms with Gasteiger partial charge in [-0.05, 0) is 12.1 Å². The molecular weight excluding hydrogens is 150 g/mol. The number of hydrogen-bond donors (Lipinski definition) is 0. The lowest BCUT2D eigenvalue weighted by atomic mass is 10.2. The van der Waals surface area contributed by atoms with Gasteiger partial charge in [-0.3, -0.25) is 4.98 Å². The molecule has 12 heavy (non-hydrogen) atoms. The van der Waals surface area contributed by atoms with Crippen molar-refractivity contribution in [3.63, 3.8) is 0 Å². The summed E-state index contributed by atoms with van der Waals surface area (Å²) in [6.07, 6.45) is 6.78. The molecule has 0 aliphatic rings. The molecule has 0 saturated carbocycles. The van der Waals surface area contributed by atoms with Crippen LogP contribution in [0.1, 0.15) is 0 Å². The van der Waals surface area contributed by atoms with Crippen molar-refractivity contribution in [3.8, 4) is 11.3 Å². The maximum absolute atomic E-state index is 5.45. The van der Waals surface area contributed by atoms with Crippen LogP contribution in [-0.4, -0.2) is 14.5 Å². The fourth-order valence-corrected chi connectivity index (χ4v) is 1.00. The third-order valence-corrected chi connectivity index (χ3v) is 1.56. The quantitative estimate of drug-likeness (QED) is 0.627. The van der Waals surface area contributed by atoms with Crippen LogP contribution in [0.5, 0.6) is 0 Å². The fourth-order valence-electron chi connectivity index (χ4n) is 1.00. The average Bonchev–Trinajstić information content (AvgIpc) is 2.54. The molecule has 0 unspecified atom stereocenters. The molecule has 3 heteroatoms. The summed E-state index contributed by atoms with van der Waals surface area (Å²) in [5.74, 6) is 0. The molecule has 0 aliphatic heterocycles. The van der Waals surface area contributed by atoms with Gasteiger partial charge in [-0.15, -0.1) is 0 Å². The maximum atomic E-state index is 5.45. The number of aromatic nitrogens is 3. The van der Waals surface area contributed by atoms with Crippen LogP contribution >= 0.6 is 0 Å².